The van der Waals surface area contributed by atoms with Crippen molar-refractivity contribution in [2.75, 3.05) is 12.8 Å². The van der Waals surface area contributed by atoms with Gasteiger partial charge in [-0.15, -0.1) is 0 Å². The number of hydrogen-bond acceptors (Lipinski definition) is 5. The Labute approximate surface area is 110 Å². The molecule has 102 valence electrons. The molecule has 2 rings (SSSR count). The number of nitrogens with two attached hydrogens (primary N) is 1. The number of hydrogen-bond donors (Lipinski definition) is 3. The van der Waals surface area contributed by atoms with Crippen molar-refractivity contribution in [3.63, 3.8) is 0 Å². The molecule has 0 saturated carbocycles. The molecule has 0 spiro atoms. The van der Waals surface area contributed by atoms with Crippen molar-refractivity contribution < 1.29 is 13.2 Å². The lowest BCUT2D eigenvalue weighted by Crippen LogP contribution is -2.23. The predicted octanol–water partition coefficient (Wildman–Crippen LogP) is 0.479. The highest BCUT2D eigenvalue weighted by Gasteiger charge is 2.18. The van der Waals surface area contributed by atoms with Crippen LogP contribution in [0, 0.1) is 0 Å². The molecule has 8 heteroatoms. The van der Waals surface area contributed by atoms with Gasteiger partial charge in [0.25, 0.3) is 0 Å². The third-order valence-corrected chi connectivity index (χ3v) is 3.98. The Morgan fingerprint density at radius 2 is 2.05 bits per heavy atom. The number of methoxy groups -OCH3 is 1. The summed E-state index contributed by atoms with van der Waals surface area (Å²) in [5, 5.41) is 5.96. The molecule has 0 bridgehead atoms. The molecule has 0 saturated heterocycles. The molecule has 0 aliphatic heterocycles. The quantitative estimate of drug-likeness (QED) is 0.738. The van der Waals surface area contributed by atoms with Crippen molar-refractivity contribution in [1.29, 1.82) is 0 Å². The fourth-order valence-electron chi connectivity index (χ4n) is 1.50. The van der Waals surface area contributed by atoms with Gasteiger partial charge in [-0.05, 0) is 17.7 Å². The first kappa shape index (κ1) is 13.4. The van der Waals surface area contributed by atoms with E-state index in [4.69, 9.17) is 10.5 Å². The van der Waals surface area contributed by atoms with Gasteiger partial charge < -0.3 is 10.5 Å². The Balaban J connectivity index is 2.07. The molecular formula is C11H14N4O3S. The van der Waals surface area contributed by atoms with Crippen LogP contribution in [0.15, 0.2) is 35.4 Å². The third kappa shape index (κ3) is 3.04. The van der Waals surface area contributed by atoms with E-state index >= 15 is 0 Å². The number of rotatable bonds is 5. The average Bonchev–Trinajstić information content (AvgIpc) is 2.84. The lowest BCUT2D eigenvalue weighted by molar-refractivity contribution is 0.414. The Hall–Kier alpha value is -2.06. The highest BCUT2D eigenvalue weighted by molar-refractivity contribution is 7.89. The van der Waals surface area contributed by atoms with Crippen LogP contribution in [-0.4, -0.2) is 25.7 Å². The van der Waals surface area contributed by atoms with E-state index in [1.54, 1.807) is 31.4 Å². The van der Waals surface area contributed by atoms with Crippen molar-refractivity contribution >= 4 is 15.8 Å². The Morgan fingerprint density at radius 1 is 1.37 bits per heavy atom. The molecule has 4 N–H and O–H groups in total. The molecule has 0 aliphatic rings. The van der Waals surface area contributed by atoms with Gasteiger partial charge in [-0.3, -0.25) is 5.10 Å². The summed E-state index contributed by atoms with van der Waals surface area (Å²) in [5.41, 5.74) is 6.29. The SMILES string of the molecule is COc1ccc(CNS(=O)(=O)c2cn[nH]c2N)cc1. The molecule has 7 nitrogen and oxygen atoms in total. The van der Waals surface area contributed by atoms with Gasteiger partial charge in [0, 0.05) is 6.54 Å². The maximum atomic E-state index is 11.9. The molecular weight excluding hydrogens is 268 g/mol. The van der Waals surface area contributed by atoms with E-state index < -0.39 is 10.0 Å². The van der Waals surface area contributed by atoms with Crippen LogP contribution >= 0.6 is 0 Å². The minimum absolute atomic E-state index is 0.0160. The van der Waals surface area contributed by atoms with Crippen LogP contribution in [0.3, 0.4) is 0 Å². The summed E-state index contributed by atoms with van der Waals surface area (Å²) in [6, 6.07) is 7.08. The van der Waals surface area contributed by atoms with E-state index in [9.17, 15) is 8.42 Å². The van der Waals surface area contributed by atoms with Crippen LogP contribution in [0.4, 0.5) is 5.82 Å². The zero-order valence-electron chi connectivity index (χ0n) is 10.3. The van der Waals surface area contributed by atoms with E-state index in [-0.39, 0.29) is 17.3 Å². The molecule has 1 aromatic heterocycles. The second kappa shape index (κ2) is 5.29. The highest BCUT2D eigenvalue weighted by Crippen LogP contribution is 2.15. The smallest absolute Gasteiger partial charge is 0.246 e. The van der Waals surface area contributed by atoms with E-state index in [2.05, 4.69) is 14.9 Å². The fourth-order valence-corrected chi connectivity index (χ4v) is 2.54. The zero-order chi connectivity index (χ0) is 13.9. The number of H-pyrrole nitrogens is 1. The maximum Gasteiger partial charge on any atom is 0.246 e. The predicted molar refractivity (Wildman–Crippen MR) is 70.0 cm³/mol. The lowest BCUT2D eigenvalue weighted by Gasteiger charge is -2.06. The first-order valence-corrected chi connectivity index (χ1v) is 6.92. The average molecular weight is 282 g/mol. The number of sulfonamides is 1. The zero-order valence-corrected chi connectivity index (χ0v) is 11.1. The number of benzene rings is 1. The molecule has 2 aromatic rings. The third-order valence-electron chi connectivity index (χ3n) is 2.55. The molecule has 0 amide bonds. The van der Waals surface area contributed by atoms with Gasteiger partial charge >= 0.3 is 0 Å². The second-order valence-electron chi connectivity index (χ2n) is 3.82. The normalized spacial score (nSPS) is 11.4. The van der Waals surface area contributed by atoms with E-state index in [0.29, 0.717) is 5.75 Å². The lowest BCUT2D eigenvalue weighted by atomic mass is 10.2. The molecule has 0 aliphatic carbocycles. The largest absolute Gasteiger partial charge is 0.497 e. The monoisotopic (exact) mass is 282 g/mol. The van der Waals surface area contributed by atoms with Crippen LogP contribution < -0.4 is 15.2 Å². The summed E-state index contributed by atoms with van der Waals surface area (Å²) < 4.78 is 31.3. The van der Waals surface area contributed by atoms with Crippen LogP contribution in [0.1, 0.15) is 5.56 Å². The van der Waals surface area contributed by atoms with Crippen molar-refractivity contribution in [3.8, 4) is 5.75 Å². The highest BCUT2D eigenvalue weighted by atomic mass is 32.2. The van der Waals surface area contributed by atoms with Gasteiger partial charge in [0.15, 0.2) is 0 Å². The first-order valence-electron chi connectivity index (χ1n) is 5.44. The fraction of sp³-hybridized carbons (Fsp3) is 0.182. The molecule has 1 heterocycles. The van der Waals surface area contributed by atoms with Crippen molar-refractivity contribution in [2.24, 2.45) is 0 Å². The van der Waals surface area contributed by atoms with Gasteiger partial charge in [-0.2, -0.15) is 5.10 Å². The Morgan fingerprint density at radius 3 is 2.58 bits per heavy atom. The molecule has 0 fully saturated rings. The van der Waals surface area contributed by atoms with Crippen LogP contribution in [-0.2, 0) is 16.6 Å². The molecule has 0 unspecified atom stereocenters. The number of aromatic nitrogens is 2. The van der Waals surface area contributed by atoms with Crippen LogP contribution in [0.5, 0.6) is 5.75 Å². The van der Waals surface area contributed by atoms with Gasteiger partial charge in [-0.25, -0.2) is 13.1 Å². The van der Waals surface area contributed by atoms with Crippen molar-refractivity contribution in [3.05, 3.63) is 36.0 Å². The first-order chi connectivity index (χ1) is 9.03. The van der Waals surface area contributed by atoms with Gasteiger partial charge in [0.05, 0.1) is 13.3 Å². The topological polar surface area (TPSA) is 110 Å². The van der Waals surface area contributed by atoms with Crippen LogP contribution in [0.25, 0.3) is 0 Å². The summed E-state index contributed by atoms with van der Waals surface area (Å²) in [6.07, 6.45) is 1.17. The van der Waals surface area contributed by atoms with Gasteiger partial charge in [0.2, 0.25) is 10.0 Å². The Kier molecular flexibility index (Phi) is 3.72. The summed E-state index contributed by atoms with van der Waals surface area (Å²) in [4.78, 5) is -0.0546. The van der Waals surface area contributed by atoms with Crippen molar-refractivity contribution in [2.45, 2.75) is 11.4 Å². The maximum absolute atomic E-state index is 11.9. The molecule has 0 radical (unpaired) electrons. The second-order valence-corrected chi connectivity index (χ2v) is 5.56. The number of aromatic amines is 1. The molecule has 19 heavy (non-hydrogen) atoms. The number of nitrogens with one attached hydrogen (secondary N) is 2. The standard InChI is InChI=1S/C11H14N4O3S/c1-18-9-4-2-8(3-5-9)6-14-19(16,17)10-7-13-15-11(10)12/h2-5,7,14H,6H2,1H3,(H3,12,13,15). The van der Waals surface area contributed by atoms with Gasteiger partial charge in [0.1, 0.15) is 16.5 Å². The summed E-state index contributed by atoms with van der Waals surface area (Å²) in [5.74, 6) is 0.730. The number of nitrogen functional groups attached to an aromatic ring is 1. The van der Waals surface area contributed by atoms with Crippen molar-refractivity contribution in [1.82, 2.24) is 14.9 Å². The molecule has 0 atom stereocenters. The summed E-state index contributed by atoms with van der Waals surface area (Å²) in [7, 11) is -2.09. The Bertz CT molecular complexity index is 649. The van der Waals surface area contributed by atoms with E-state index in [0.717, 1.165) is 5.56 Å². The number of nitrogens with zero attached hydrogens (tertiary/aromatic N) is 1. The van der Waals surface area contributed by atoms with E-state index in [1.165, 1.54) is 6.20 Å². The number of anilines is 1. The minimum atomic E-state index is -3.66. The van der Waals surface area contributed by atoms with Gasteiger partial charge in [-0.1, -0.05) is 12.1 Å². The summed E-state index contributed by atoms with van der Waals surface area (Å²) in [6.45, 7) is 0.164. The number of ether oxygens (including phenoxy) is 1. The summed E-state index contributed by atoms with van der Waals surface area (Å²) >= 11 is 0. The van der Waals surface area contributed by atoms with E-state index in [1.807, 2.05) is 0 Å². The van der Waals surface area contributed by atoms with Crippen LogP contribution in [0.2, 0.25) is 0 Å². The molecule has 1 aromatic carbocycles. The minimum Gasteiger partial charge on any atom is -0.497 e.